The van der Waals surface area contributed by atoms with Gasteiger partial charge in [0.1, 0.15) is 12.1 Å². The molecule has 0 aromatic heterocycles. The number of amides is 2. The Labute approximate surface area is 112 Å². The van der Waals surface area contributed by atoms with Crippen molar-refractivity contribution in [3.8, 4) is 11.8 Å². The highest BCUT2D eigenvalue weighted by Crippen LogP contribution is 2.21. The van der Waals surface area contributed by atoms with E-state index in [0.717, 1.165) is 5.56 Å². The molecule has 2 rings (SSSR count). The van der Waals surface area contributed by atoms with Crippen LogP contribution in [0.2, 0.25) is 0 Å². The first-order valence-electron chi connectivity index (χ1n) is 6.20. The van der Waals surface area contributed by atoms with Crippen molar-refractivity contribution in [1.29, 1.82) is 0 Å². The van der Waals surface area contributed by atoms with Crippen LogP contribution in [0.1, 0.15) is 25.5 Å². The summed E-state index contributed by atoms with van der Waals surface area (Å²) in [6.07, 6.45) is 0. The van der Waals surface area contributed by atoms with Crippen LogP contribution in [-0.2, 0) is 9.59 Å². The molecule has 1 aromatic rings. The van der Waals surface area contributed by atoms with Crippen LogP contribution in [0.5, 0.6) is 0 Å². The maximum absolute atomic E-state index is 12.4. The number of hydrogen-bond acceptors (Lipinski definition) is 2. The predicted octanol–water partition coefficient (Wildman–Crippen LogP) is 1.10. The van der Waals surface area contributed by atoms with Crippen LogP contribution in [0.3, 0.4) is 0 Å². The SMILES string of the molecule is CC#CCN1C(=O)C(c2ccccc2)NC(=O)C1C. The second-order valence-electron chi connectivity index (χ2n) is 4.42. The summed E-state index contributed by atoms with van der Waals surface area (Å²) < 4.78 is 0. The summed E-state index contributed by atoms with van der Waals surface area (Å²) in [5.41, 5.74) is 0.794. The molecule has 4 nitrogen and oxygen atoms in total. The van der Waals surface area contributed by atoms with Crippen LogP contribution in [0.15, 0.2) is 30.3 Å². The van der Waals surface area contributed by atoms with Crippen molar-refractivity contribution in [1.82, 2.24) is 10.2 Å². The summed E-state index contributed by atoms with van der Waals surface area (Å²) in [5, 5.41) is 2.76. The van der Waals surface area contributed by atoms with Crippen LogP contribution in [0, 0.1) is 11.8 Å². The van der Waals surface area contributed by atoms with Gasteiger partial charge in [0.15, 0.2) is 0 Å². The van der Waals surface area contributed by atoms with Crippen LogP contribution >= 0.6 is 0 Å². The fraction of sp³-hybridized carbons (Fsp3) is 0.333. The van der Waals surface area contributed by atoms with E-state index in [0.29, 0.717) is 0 Å². The van der Waals surface area contributed by atoms with E-state index in [2.05, 4.69) is 17.2 Å². The molecule has 0 bridgehead atoms. The summed E-state index contributed by atoms with van der Waals surface area (Å²) in [6.45, 7) is 3.72. The van der Waals surface area contributed by atoms with Gasteiger partial charge in [0.05, 0.1) is 6.54 Å². The first-order valence-corrected chi connectivity index (χ1v) is 6.20. The highest BCUT2D eigenvalue weighted by Gasteiger charge is 2.38. The second kappa shape index (κ2) is 5.57. The third-order valence-electron chi connectivity index (χ3n) is 3.22. The number of rotatable bonds is 2. The summed E-state index contributed by atoms with van der Waals surface area (Å²) in [5.74, 6) is 5.34. The molecule has 0 saturated carbocycles. The van der Waals surface area contributed by atoms with E-state index >= 15 is 0 Å². The summed E-state index contributed by atoms with van der Waals surface area (Å²) in [6, 6.07) is 8.16. The van der Waals surface area contributed by atoms with Crippen molar-refractivity contribution in [2.24, 2.45) is 0 Å². The fourth-order valence-corrected chi connectivity index (χ4v) is 2.07. The number of nitrogens with one attached hydrogen (secondary N) is 1. The Kier molecular flexibility index (Phi) is 3.86. The normalized spacial score (nSPS) is 22.5. The van der Waals surface area contributed by atoms with Crippen molar-refractivity contribution in [2.75, 3.05) is 6.54 Å². The lowest BCUT2D eigenvalue weighted by atomic mass is 10.0. The number of benzene rings is 1. The molecule has 1 heterocycles. The van der Waals surface area contributed by atoms with Gasteiger partial charge in [-0.05, 0) is 19.4 Å². The van der Waals surface area contributed by atoms with Crippen molar-refractivity contribution in [2.45, 2.75) is 25.9 Å². The van der Waals surface area contributed by atoms with Gasteiger partial charge in [-0.15, -0.1) is 5.92 Å². The van der Waals surface area contributed by atoms with E-state index in [-0.39, 0.29) is 18.4 Å². The van der Waals surface area contributed by atoms with Gasteiger partial charge in [0.25, 0.3) is 5.91 Å². The standard InChI is InChI=1S/C15H16N2O2/c1-3-4-10-17-11(2)14(18)16-13(15(17)19)12-8-6-5-7-9-12/h5-9,11,13H,10H2,1-2H3,(H,16,18). The van der Waals surface area contributed by atoms with Gasteiger partial charge in [-0.2, -0.15) is 0 Å². The summed E-state index contributed by atoms with van der Waals surface area (Å²) in [7, 11) is 0. The Morgan fingerprint density at radius 1 is 1.26 bits per heavy atom. The number of carbonyl (C=O) groups is 2. The fourth-order valence-electron chi connectivity index (χ4n) is 2.07. The molecule has 0 radical (unpaired) electrons. The largest absolute Gasteiger partial charge is 0.339 e. The molecule has 1 aromatic carbocycles. The summed E-state index contributed by atoms with van der Waals surface area (Å²) >= 11 is 0. The number of piperazine rings is 1. The van der Waals surface area contributed by atoms with Crippen molar-refractivity contribution >= 4 is 11.8 Å². The Morgan fingerprint density at radius 3 is 2.58 bits per heavy atom. The Hall–Kier alpha value is -2.28. The van der Waals surface area contributed by atoms with Crippen LogP contribution in [0.25, 0.3) is 0 Å². The quantitative estimate of drug-likeness (QED) is 0.805. The van der Waals surface area contributed by atoms with Gasteiger partial charge in [0, 0.05) is 0 Å². The lowest BCUT2D eigenvalue weighted by molar-refractivity contribution is -0.148. The van der Waals surface area contributed by atoms with Gasteiger partial charge in [0.2, 0.25) is 5.91 Å². The zero-order valence-corrected chi connectivity index (χ0v) is 11.0. The molecule has 1 N–H and O–H groups in total. The Bertz CT molecular complexity index is 542. The molecule has 1 aliphatic rings. The van der Waals surface area contributed by atoms with Crippen molar-refractivity contribution < 1.29 is 9.59 Å². The van der Waals surface area contributed by atoms with E-state index < -0.39 is 12.1 Å². The zero-order chi connectivity index (χ0) is 13.8. The molecule has 2 amide bonds. The highest BCUT2D eigenvalue weighted by atomic mass is 16.2. The van der Waals surface area contributed by atoms with E-state index in [1.165, 1.54) is 4.90 Å². The molecule has 98 valence electrons. The molecule has 1 aliphatic heterocycles. The van der Waals surface area contributed by atoms with Gasteiger partial charge >= 0.3 is 0 Å². The molecular formula is C15H16N2O2. The minimum Gasteiger partial charge on any atom is -0.339 e. The van der Waals surface area contributed by atoms with Crippen molar-refractivity contribution in [3.05, 3.63) is 35.9 Å². The predicted molar refractivity (Wildman–Crippen MR) is 72.0 cm³/mol. The molecule has 19 heavy (non-hydrogen) atoms. The molecule has 1 fully saturated rings. The minimum absolute atomic E-state index is 0.110. The summed E-state index contributed by atoms with van der Waals surface area (Å²) in [4.78, 5) is 25.9. The molecule has 2 unspecified atom stereocenters. The average Bonchev–Trinajstić information content (AvgIpc) is 2.44. The number of nitrogens with zero attached hydrogens (tertiary/aromatic N) is 1. The van der Waals surface area contributed by atoms with E-state index in [9.17, 15) is 9.59 Å². The van der Waals surface area contributed by atoms with Crippen LogP contribution in [0.4, 0.5) is 0 Å². The highest BCUT2D eigenvalue weighted by molar-refractivity contribution is 5.97. The smallest absolute Gasteiger partial charge is 0.251 e. The van der Waals surface area contributed by atoms with Gasteiger partial charge in [-0.3, -0.25) is 9.59 Å². The van der Waals surface area contributed by atoms with E-state index in [1.54, 1.807) is 13.8 Å². The lowest BCUT2D eigenvalue weighted by Gasteiger charge is -2.36. The lowest BCUT2D eigenvalue weighted by Crippen LogP contribution is -2.58. The monoisotopic (exact) mass is 256 g/mol. The first-order chi connectivity index (χ1) is 9.15. The van der Waals surface area contributed by atoms with Crippen LogP contribution in [-0.4, -0.2) is 29.3 Å². The third kappa shape index (κ3) is 2.60. The van der Waals surface area contributed by atoms with Crippen molar-refractivity contribution in [3.63, 3.8) is 0 Å². The van der Waals surface area contributed by atoms with Gasteiger partial charge in [-0.25, -0.2) is 0 Å². The third-order valence-corrected chi connectivity index (χ3v) is 3.22. The van der Waals surface area contributed by atoms with E-state index in [1.807, 2.05) is 30.3 Å². The Morgan fingerprint density at radius 2 is 1.95 bits per heavy atom. The minimum atomic E-state index is -0.608. The Balaban J connectivity index is 2.28. The van der Waals surface area contributed by atoms with Gasteiger partial charge < -0.3 is 10.2 Å². The molecule has 1 saturated heterocycles. The molecule has 4 heteroatoms. The number of hydrogen-bond donors (Lipinski definition) is 1. The van der Waals surface area contributed by atoms with Crippen LogP contribution < -0.4 is 5.32 Å². The molecule has 0 aliphatic carbocycles. The van der Waals surface area contributed by atoms with E-state index in [4.69, 9.17) is 0 Å². The molecule has 2 atom stereocenters. The average molecular weight is 256 g/mol. The van der Waals surface area contributed by atoms with Gasteiger partial charge in [-0.1, -0.05) is 36.3 Å². The first kappa shape index (κ1) is 13.2. The topological polar surface area (TPSA) is 49.4 Å². The maximum atomic E-state index is 12.4. The second-order valence-corrected chi connectivity index (χ2v) is 4.42. The zero-order valence-electron chi connectivity index (χ0n) is 11.0. The number of carbonyl (C=O) groups excluding carboxylic acids is 2. The molecular weight excluding hydrogens is 240 g/mol. The molecule has 0 spiro atoms. The maximum Gasteiger partial charge on any atom is 0.251 e.